The molecular weight excluding hydrogens is 340 g/mol. The monoisotopic (exact) mass is 360 g/mol. The third-order valence-electron chi connectivity index (χ3n) is 4.40. The molecule has 2 aromatic rings. The van der Waals surface area contributed by atoms with Crippen molar-refractivity contribution in [3.8, 4) is 0 Å². The van der Waals surface area contributed by atoms with E-state index in [-0.39, 0.29) is 5.25 Å². The molecule has 1 aliphatic heterocycles. The van der Waals surface area contributed by atoms with Gasteiger partial charge >= 0.3 is 0 Å². The van der Waals surface area contributed by atoms with Crippen LogP contribution in [0.4, 0.5) is 17.5 Å². The summed E-state index contributed by atoms with van der Waals surface area (Å²) in [6, 6.07) is 5.90. The molecule has 1 saturated heterocycles. The van der Waals surface area contributed by atoms with Crippen molar-refractivity contribution in [3.05, 3.63) is 36.8 Å². The summed E-state index contributed by atoms with van der Waals surface area (Å²) < 4.78 is 26.4. The number of sulfonamides is 1. The molecular formula is C16H20N6O2S. The number of hydrogen-bond donors (Lipinski definition) is 1. The SMILES string of the molecule is O=S(=O)(Nc1cnc(N2CCN(c3ccccn3)CC2)nc1)C1CC1. The summed E-state index contributed by atoms with van der Waals surface area (Å²) in [7, 11) is -3.27. The van der Waals surface area contributed by atoms with Crippen LogP contribution in [-0.2, 0) is 10.0 Å². The summed E-state index contributed by atoms with van der Waals surface area (Å²) in [5.41, 5.74) is 0.419. The third-order valence-corrected chi connectivity index (χ3v) is 6.27. The van der Waals surface area contributed by atoms with Gasteiger partial charge in [-0.1, -0.05) is 6.07 Å². The van der Waals surface area contributed by atoms with Crippen LogP contribution in [0.1, 0.15) is 12.8 Å². The summed E-state index contributed by atoms with van der Waals surface area (Å²) in [6.45, 7) is 3.28. The van der Waals surface area contributed by atoms with Gasteiger partial charge in [0.1, 0.15) is 5.82 Å². The van der Waals surface area contributed by atoms with Crippen LogP contribution >= 0.6 is 0 Å². The van der Waals surface area contributed by atoms with Crippen LogP contribution in [0.5, 0.6) is 0 Å². The minimum absolute atomic E-state index is 0.258. The number of aromatic nitrogens is 3. The largest absolute Gasteiger partial charge is 0.353 e. The molecule has 0 spiro atoms. The second-order valence-corrected chi connectivity index (χ2v) is 8.24. The fraction of sp³-hybridized carbons (Fsp3) is 0.438. The highest BCUT2D eigenvalue weighted by Gasteiger charge is 2.35. The van der Waals surface area contributed by atoms with Crippen molar-refractivity contribution in [2.75, 3.05) is 40.7 Å². The van der Waals surface area contributed by atoms with Crippen molar-refractivity contribution in [2.24, 2.45) is 0 Å². The highest BCUT2D eigenvalue weighted by Crippen LogP contribution is 2.29. The lowest BCUT2D eigenvalue weighted by Gasteiger charge is -2.35. The van der Waals surface area contributed by atoms with E-state index >= 15 is 0 Å². The molecule has 0 radical (unpaired) electrons. The number of pyridine rings is 1. The zero-order valence-corrected chi connectivity index (χ0v) is 14.6. The van der Waals surface area contributed by atoms with Gasteiger partial charge in [-0.25, -0.2) is 23.4 Å². The fourth-order valence-corrected chi connectivity index (χ4v) is 4.20. The van der Waals surface area contributed by atoms with Crippen molar-refractivity contribution < 1.29 is 8.42 Å². The molecule has 132 valence electrons. The average Bonchev–Trinajstić information content (AvgIpc) is 3.49. The van der Waals surface area contributed by atoms with E-state index in [1.54, 1.807) is 6.20 Å². The summed E-state index contributed by atoms with van der Waals surface area (Å²) in [5, 5.41) is -0.258. The van der Waals surface area contributed by atoms with Gasteiger partial charge in [0.25, 0.3) is 0 Å². The molecule has 1 N–H and O–H groups in total. The topological polar surface area (TPSA) is 91.3 Å². The molecule has 1 aliphatic carbocycles. The van der Waals surface area contributed by atoms with E-state index in [1.807, 2.05) is 18.2 Å². The van der Waals surface area contributed by atoms with Crippen molar-refractivity contribution in [2.45, 2.75) is 18.1 Å². The average molecular weight is 360 g/mol. The van der Waals surface area contributed by atoms with Gasteiger partial charge in [0.2, 0.25) is 16.0 Å². The molecule has 3 heterocycles. The van der Waals surface area contributed by atoms with Gasteiger partial charge < -0.3 is 9.80 Å². The van der Waals surface area contributed by atoms with Crippen LogP contribution in [0.2, 0.25) is 0 Å². The molecule has 2 aromatic heterocycles. The third kappa shape index (κ3) is 3.65. The number of hydrogen-bond acceptors (Lipinski definition) is 7. The van der Waals surface area contributed by atoms with E-state index in [0.717, 1.165) is 44.8 Å². The Hall–Kier alpha value is -2.42. The molecule has 2 fully saturated rings. The molecule has 4 rings (SSSR count). The maximum atomic E-state index is 11.9. The zero-order chi connectivity index (χ0) is 17.3. The molecule has 0 unspecified atom stereocenters. The lowest BCUT2D eigenvalue weighted by molar-refractivity contribution is 0.600. The predicted octanol–water partition coefficient (Wildman–Crippen LogP) is 1.10. The van der Waals surface area contributed by atoms with Crippen LogP contribution in [0.25, 0.3) is 0 Å². The molecule has 0 amide bonds. The summed E-state index contributed by atoms with van der Waals surface area (Å²) in [6.07, 6.45) is 6.33. The second-order valence-electron chi connectivity index (χ2n) is 6.28. The van der Waals surface area contributed by atoms with Crippen molar-refractivity contribution in [3.63, 3.8) is 0 Å². The molecule has 0 bridgehead atoms. The Morgan fingerprint density at radius 1 is 0.960 bits per heavy atom. The molecule has 0 aromatic carbocycles. The second kappa shape index (κ2) is 6.47. The Morgan fingerprint density at radius 3 is 2.24 bits per heavy atom. The predicted molar refractivity (Wildman–Crippen MR) is 96.3 cm³/mol. The summed E-state index contributed by atoms with van der Waals surface area (Å²) >= 11 is 0. The van der Waals surface area contributed by atoms with Gasteiger partial charge in [-0.3, -0.25) is 4.72 Å². The lowest BCUT2D eigenvalue weighted by atomic mass is 10.3. The molecule has 1 saturated carbocycles. The fourth-order valence-electron chi connectivity index (χ4n) is 2.84. The van der Waals surface area contributed by atoms with Crippen LogP contribution in [-0.4, -0.2) is 54.8 Å². The standard InChI is InChI=1S/C16H20N6O2S/c23-25(24,14-4-5-14)20-13-11-18-16(19-12-13)22-9-7-21(8-10-22)15-3-1-2-6-17-15/h1-3,6,11-12,14,20H,4-5,7-10H2. The highest BCUT2D eigenvalue weighted by atomic mass is 32.2. The van der Waals surface area contributed by atoms with Crippen LogP contribution in [0.3, 0.4) is 0 Å². The van der Waals surface area contributed by atoms with Gasteiger partial charge in [0.05, 0.1) is 23.3 Å². The summed E-state index contributed by atoms with van der Waals surface area (Å²) in [5.74, 6) is 1.60. The van der Waals surface area contributed by atoms with Crippen LogP contribution in [0, 0.1) is 0 Å². The van der Waals surface area contributed by atoms with Gasteiger partial charge in [-0.05, 0) is 25.0 Å². The van der Waals surface area contributed by atoms with E-state index in [2.05, 4.69) is 29.5 Å². The number of rotatable bonds is 5. The Kier molecular flexibility index (Phi) is 4.16. The maximum Gasteiger partial charge on any atom is 0.235 e. The Morgan fingerprint density at radius 2 is 1.64 bits per heavy atom. The first-order valence-corrected chi connectivity index (χ1v) is 9.91. The van der Waals surface area contributed by atoms with Gasteiger partial charge in [0.15, 0.2) is 0 Å². The summed E-state index contributed by atoms with van der Waals surface area (Å²) in [4.78, 5) is 17.3. The first-order chi connectivity index (χ1) is 12.1. The van der Waals surface area contributed by atoms with Crippen molar-refractivity contribution >= 4 is 27.5 Å². The number of piperazine rings is 1. The van der Waals surface area contributed by atoms with E-state index < -0.39 is 10.0 Å². The molecule has 25 heavy (non-hydrogen) atoms. The number of nitrogens with one attached hydrogen (secondary N) is 1. The van der Waals surface area contributed by atoms with Crippen molar-refractivity contribution in [1.29, 1.82) is 0 Å². The van der Waals surface area contributed by atoms with Gasteiger partial charge in [0, 0.05) is 32.4 Å². The zero-order valence-electron chi connectivity index (χ0n) is 13.7. The van der Waals surface area contributed by atoms with Gasteiger partial charge in [-0.15, -0.1) is 0 Å². The molecule has 2 aliphatic rings. The Bertz CT molecular complexity index is 815. The van der Waals surface area contributed by atoms with Crippen molar-refractivity contribution in [1.82, 2.24) is 15.0 Å². The smallest absolute Gasteiger partial charge is 0.235 e. The highest BCUT2D eigenvalue weighted by molar-refractivity contribution is 7.93. The molecule has 9 heteroatoms. The molecule has 8 nitrogen and oxygen atoms in total. The Labute approximate surface area is 147 Å². The quantitative estimate of drug-likeness (QED) is 0.854. The van der Waals surface area contributed by atoms with E-state index in [9.17, 15) is 8.42 Å². The van der Waals surface area contributed by atoms with Crippen LogP contribution < -0.4 is 14.5 Å². The normalized spacial score (nSPS) is 18.2. The van der Waals surface area contributed by atoms with E-state index in [4.69, 9.17) is 0 Å². The first-order valence-electron chi connectivity index (χ1n) is 8.36. The van der Waals surface area contributed by atoms with E-state index in [1.165, 1.54) is 12.4 Å². The number of anilines is 3. The Balaban J connectivity index is 1.37. The number of nitrogens with zero attached hydrogens (tertiary/aromatic N) is 5. The minimum Gasteiger partial charge on any atom is -0.353 e. The molecule has 0 atom stereocenters. The van der Waals surface area contributed by atoms with Crippen LogP contribution in [0.15, 0.2) is 36.8 Å². The first kappa shape index (κ1) is 16.1. The lowest BCUT2D eigenvalue weighted by Crippen LogP contribution is -2.47. The van der Waals surface area contributed by atoms with E-state index in [0.29, 0.717) is 11.6 Å². The maximum absolute atomic E-state index is 11.9. The minimum atomic E-state index is -3.27. The van der Waals surface area contributed by atoms with Gasteiger partial charge in [-0.2, -0.15) is 0 Å².